The summed E-state index contributed by atoms with van der Waals surface area (Å²) in [5.41, 5.74) is 2.49. The largest absolute Gasteiger partial charge is 0.454 e. The fourth-order valence-corrected chi connectivity index (χ4v) is 2.80. The maximum absolute atomic E-state index is 12.1. The average Bonchev–Trinajstić information content (AvgIpc) is 3.40. The van der Waals surface area contributed by atoms with Gasteiger partial charge in [0.1, 0.15) is 0 Å². The Morgan fingerprint density at radius 2 is 1.62 bits per heavy atom. The lowest BCUT2D eigenvalue weighted by atomic mass is 10.1. The first-order valence-corrected chi connectivity index (χ1v) is 8.77. The molecule has 1 fully saturated rings. The van der Waals surface area contributed by atoms with Crippen LogP contribution in [0.5, 0.6) is 11.5 Å². The molecule has 2 aromatic carbocycles. The molecular formula is C20H20N2O4. The van der Waals surface area contributed by atoms with Crippen molar-refractivity contribution in [2.45, 2.75) is 25.7 Å². The number of hydrogen-bond donors (Lipinski definition) is 2. The average molecular weight is 352 g/mol. The van der Waals surface area contributed by atoms with Gasteiger partial charge in [-0.15, -0.1) is 0 Å². The van der Waals surface area contributed by atoms with Gasteiger partial charge >= 0.3 is 0 Å². The van der Waals surface area contributed by atoms with Gasteiger partial charge in [-0.25, -0.2) is 0 Å². The van der Waals surface area contributed by atoms with Crippen molar-refractivity contribution in [3.63, 3.8) is 0 Å². The minimum absolute atomic E-state index is 0.0579. The van der Waals surface area contributed by atoms with Crippen molar-refractivity contribution in [1.29, 1.82) is 0 Å². The molecule has 1 heterocycles. The zero-order valence-electron chi connectivity index (χ0n) is 14.3. The predicted octanol–water partition coefficient (Wildman–Crippen LogP) is 3.34. The molecule has 2 aliphatic rings. The molecule has 26 heavy (non-hydrogen) atoms. The highest BCUT2D eigenvalue weighted by Gasteiger charge is 2.29. The van der Waals surface area contributed by atoms with Crippen molar-refractivity contribution >= 4 is 23.2 Å². The molecule has 0 aromatic heterocycles. The molecule has 0 unspecified atom stereocenters. The SMILES string of the molecule is O=C(CCc1ccc2c(c1)OCO2)Nc1ccc(NC(=O)C2CC2)cc1. The van der Waals surface area contributed by atoms with Crippen LogP contribution in [0.15, 0.2) is 42.5 Å². The molecule has 6 heteroatoms. The van der Waals surface area contributed by atoms with Crippen molar-refractivity contribution < 1.29 is 19.1 Å². The Bertz CT molecular complexity index is 828. The minimum Gasteiger partial charge on any atom is -0.454 e. The van der Waals surface area contributed by atoms with Crippen molar-refractivity contribution in [3.8, 4) is 11.5 Å². The predicted molar refractivity (Wildman–Crippen MR) is 97.3 cm³/mol. The van der Waals surface area contributed by atoms with Crippen molar-refractivity contribution in [3.05, 3.63) is 48.0 Å². The Labute approximate surface area is 151 Å². The van der Waals surface area contributed by atoms with E-state index in [9.17, 15) is 9.59 Å². The van der Waals surface area contributed by atoms with E-state index in [0.29, 0.717) is 18.5 Å². The third kappa shape index (κ3) is 3.96. The summed E-state index contributed by atoms with van der Waals surface area (Å²) in [6.45, 7) is 0.246. The van der Waals surface area contributed by atoms with Gasteiger partial charge in [-0.3, -0.25) is 9.59 Å². The fraction of sp³-hybridized carbons (Fsp3) is 0.300. The summed E-state index contributed by atoms with van der Waals surface area (Å²) in [5.74, 6) is 1.66. The quantitative estimate of drug-likeness (QED) is 0.836. The van der Waals surface area contributed by atoms with Crippen molar-refractivity contribution in [1.82, 2.24) is 0 Å². The van der Waals surface area contributed by atoms with Gasteiger partial charge in [0.15, 0.2) is 11.5 Å². The number of carbonyl (C=O) groups excluding carboxylic acids is 2. The van der Waals surface area contributed by atoms with Crippen LogP contribution in [-0.4, -0.2) is 18.6 Å². The Hall–Kier alpha value is -3.02. The highest BCUT2D eigenvalue weighted by molar-refractivity contribution is 5.95. The number of benzene rings is 2. The van der Waals surface area contributed by atoms with Crippen LogP contribution in [0.25, 0.3) is 0 Å². The number of aryl methyl sites for hydroxylation is 1. The molecule has 0 bridgehead atoms. The van der Waals surface area contributed by atoms with Crippen LogP contribution >= 0.6 is 0 Å². The van der Waals surface area contributed by atoms with Crippen LogP contribution in [0.4, 0.5) is 11.4 Å². The molecule has 2 aromatic rings. The molecule has 0 atom stereocenters. The minimum atomic E-state index is -0.0579. The fourth-order valence-electron chi connectivity index (χ4n) is 2.80. The Morgan fingerprint density at radius 1 is 0.923 bits per heavy atom. The van der Waals surface area contributed by atoms with E-state index in [4.69, 9.17) is 9.47 Å². The molecule has 1 aliphatic carbocycles. The molecule has 6 nitrogen and oxygen atoms in total. The van der Waals surface area contributed by atoms with Gasteiger partial charge in [0, 0.05) is 23.7 Å². The topological polar surface area (TPSA) is 76.7 Å². The van der Waals surface area contributed by atoms with E-state index in [2.05, 4.69) is 10.6 Å². The maximum Gasteiger partial charge on any atom is 0.231 e. The number of ether oxygens (including phenoxy) is 2. The monoisotopic (exact) mass is 352 g/mol. The number of amides is 2. The zero-order chi connectivity index (χ0) is 17.9. The molecule has 1 aliphatic heterocycles. The number of fused-ring (bicyclic) bond motifs is 1. The van der Waals surface area contributed by atoms with E-state index in [1.54, 1.807) is 24.3 Å². The zero-order valence-corrected chi connectivity index (χ0v) is 14.3. The van der Waals surface area contributed by atoms with E-state index in [1.165, 1.54) is 0 Å². The van der Waals surface area contributed by atoms with Crippen LogP contribution < -0.4 is 20.1 Å². The number of hydrogen-bond acceptors (Lipinski definition) is 4. The lowest BCUT2D eigenvalue weighted by Gasteiger charge is -2.08. The summed E-state index contributed by atoms with van der Waals surface area (Å²) in [7, 11) is 0. The highest BCUT2D eigenvalue weighted by atomic mass is 16.7. The summed E-state index contributed by atoms with van der Waals surface area (Å²) >= 11 is 0. The summed E-state index contributed by atoms with van der Waals surface area (Å²) in [6.07, 6.45) is 2.95. The van der Waals surface area contributed by atoms with Crippen LogP contribution in [0.1, 0.15) is 24.8 Å². The third-order valence-electron chi connectivity index (χ3n) is 4.46. The molecular weight excluding hydrogens is 332 g/mol. The second-order valence-corrected chi connectivity index (χ2v) is 6.58. The maximum atomic E-state index is 12.1. The second kappa shape index (κ2) is 7.07. The van der Waals surface area contributed by atoms with E-state index < -0.39 is 0 Å². The van der Waals surface area contributed by atoms with E-state index in [0.717, 1.165) is 35.6 Å². The molecule has 2 N–H and O–H groups in total. The summed E-state index contributed by atoms with van der Waals surface area (Å²) in [5, 5.41) is 5.75. The van der Waals surface area contributed by atoms with Gasteiger partial charge in [-0.05, 0) is 61.2 Å². The smallest absolute Gasteiger partial charge is 0.231 e. The molecule has 4 rings (SSSR count). The van der Waals surface area contributed by atoms with Gasteiger partial charge in [0.2, 0.25) is 18.6 Å². The van der Waals surface area contributed by atoms with Gasteiger partial charge in [0.05, 0.1) is 0 Å². The number of nitrogens with one attached hydrogen (secondary N) is 2. The summed E-state index contributed by atoms with van der Waals surface area (Å²) in [4.78, 5) is 23.9. The number of carbonyl (C=O) groups is 2. The normalized spacial score (nSPS) is 14.8. The summed E-state index contributed by atoms with van der Waals surface area (Å²) in [6, 6.07) is 12.9. The van der Waals surface area contributed by atoms with Crippen molar-refractivity contribution in [2.75, 3.05) is 17.4 Å². The van der Waals surface area contributed by atoms with Gasteiger partial charge in [-0.1, -0.05) is 6.07 Å². The van der Waals surface area contributed by atoms with Crippen LogP contribution in [-0.2, 0) is 16.0 Å². The molecule has 0 spiro atoms. The molecule has 2 amide bonds. The Kier molecular flexibility index (Phi) is 4.48. The van der Waals surface area contributed by atoms with Crippen molar-refractivity contribution in [2.24, 2.45) is 5.92 Å². The van der Waals surface area contributed by atoms with Crippen LogP contribution in [0.2, 0.25) is 0 Å². The lowest BCUT2D eigenvalue weighted by Crippen LogP contribution is -2.14. The first kappa shape index (κ1) is 16.4. The van der Waals surface area contributed by atoms with Gasteiger partial charge in [-0.2, -0.15) is 0 Å². The first-order valence-electron chi connectivity index (χ1n) is 8.77. The standard InChI is InChI=1S/C20H20N2O4/c23-19(10-2-13-1-9-17-18(11-13)26-12-25-17)21-15-5-7-16(8-6-15)22-20(24)14-3-4-14/h1,5-9,11,14H,2-4,10,12H2,(H,21,23)(H,22,24). The molecule has 0 radical (unpaired) electrons. The molecule has 134 valence electrons. The first-order chi connectivity index (χ1) is 12.7. The second-order valence-electron chi connectivity index (χ2n) is 6.58. The third-order valence-corrected chi connectivity index (χ3v) is 4.46. The van der Waals surface area contributed by atoms with E-state index >= 15 is 0 Å². The summed E-state index contributed by atoms with van der Waals surface area (Å²) < 4.78 is 10.6. The van der Waals surface area contributed by atoms with Gasteiger partial charge in [0.25, 0.3) is 0 Å². The Morgan fingerprint density at radius 3 is 2.35 bits per heavy atom. The van der Waals surface area contributed by atoms with Gasteiger partial charge < -0.3 is 20.1 Å². The Balaban J connectivity index is 1.27. The van der Waals surface area contributed by atoms with Crippen LogP contribution in [0.3, 0.4) is 0 Å². The molecule has 1 saturated carbocycles. The molecule has 0 saturated heterocycles. The van der Waals surface area contributed by atoms with Crippen LogP contribution in [0, 0.1) is 5.92 Å². The number of anilines is 2. The number of rotatable bonds is 6. The lowest BCUT2D eigenvalue weighted by molar-refractivity contribution is -0.117. The highest BCUT2D eigenvalue weighted by Crippen LogP contribution is 2.33. The van der Waals surface area contributed by atoms with E-state index in [-0.39, 0.29) is 24.5 Å². The van der Waals surface area contributed by atoms with E-state index in [1.807, 2.05) is 18.2 Å².